The predicted octanol–water partition coefficient (Wildman–Crippen LogP) is 7.87. The Morgan fingerprint density at radius 1 is 0.571 bits per heavy atom. The molecule has 0 saturated carbocycles. The molecule has 0 atom stereocenters. The Kier molecular flexibility index (Phi) is 6.75. The fourth-order valence-corrected chi connectivity index (χ4v) is 7.31. The van der Waals surface area contributed by atoms with Gasteiger partial charge in [-0.3, -0.25) is 0 Å². The number of fused-ring (bicyclic) bond motifs is 7. The van der Waals surface area contributed by atoms with E-state index in [4.69, 9.17) is 26.3 Å². The highest BCUT2D eigenvalue weighted by atomic mass is 32.1. The molecule has 3 heterocycles. The Bertz CT molecular complexity index is 2530. The first kappa shape index (κ1) is 29.4. The molecular formula is C36H8N12S. The molecular weight excluding hydrogens is 633 g/mol. The van der Waals surface area contributed by atoms with E-state index in [1.54, 1.807) is 36.4 Å². The number of aromatic nitrogens is 4. The van der Waals surface area contributed by atoms with Crippen LogP contribution in [0.5, 0.6) is 0 Å². The lowest BCUT2D eigenvalue weighted by Gasteiger charge is -2.08. The van der Waals surface area contributed by atoms with E-state index in [9.17, 15) is 21.0 Å². The van der Waals surface area contributed by atoms with Crippen molar-refractivity contribution in [3.63, 3.8) is 0 Å². The number of rotatable bonds is 2. The summed E-state index contributed by atoms with van der Waals surface area (Å²) in [4.78, 5) is 32.0. The summed E-state index contributed by atoms with van der Waals surface area (Å²) in [5, 5.41) is 39.0. The zero-order valence-electron chi connectivity index (χ0n) is 24.4. The average molecular weight is 641 g/mol. The second-order valence-electron chi connectivity index (χ2n) is 10.2. The van der Waals surface area contributed by atoms with Crippen molar-refractivity contribution >= 4 is 34.1 Å². The lowest BCUT2D eigenvalue weighted by atomic mass is 9.96. The third-order valence-corrected chi connectivity index (χ3v) is 9.01. The monoisotopic (exact) mass is 640 g/mol. The summed E-state index contributed by atoms with van der Waals surface area (Å²) in [7, 11) is 0. The van der Waals surface area contributed by atoms with Crippen LogP contribution in [0.25, 0.3) is 75.6 Å². The Morgan fingerprint density at radius 3 is 1.41 bits per heavy atom. The van der Waals surface area contributed by atoms with Crippen LogP contribution in [-0.4, -0.2) is 19.9 Å². The standard InChI is InChI=1S/C36H8N12S/c1-41-25(15-39)29-23-9-17(35-45-19(13-37)11-20(14-38)46-35)5-7-21(23)31-32-22-8-6-18(36-47-27(43-3)12-28(44-4)48-36)10-24(22)30(26(16-40)42-2)34(32)49-33(29)31/h5-12H/b29-25-,30-26+. The van der Waals surface area contributed by atoms with Gasteiger partial charge in [0.25, 0.3) is 23.0 Å². The van der Waals surface area contributed by atoms with E-state index in [2.05, 4.69) is 39.3 Å². The summed E-state index contributed by atoms with van der Waals surface area (Å²) in [6.45, 7) is 30.4. The molecule has 0 N–H and O–H groups in total. The molecule has 2 aliphatic rings. The van der Waals surface area contributed by atoms with Crippen molar-refractivity contribution in [1.82, 2.24) is 19.9 Å². The molecule has 12 nitrogen and oxygen atoms in total. The third-order valence-electron chi connectivity index (χ3n) is 7.79. The number of hydrogen-bond acceptors (Lipinski definition) is 9. The molecule has 0 saturated heterocycles. The van der Waals surface area contributed by atoms with Crippen molar-refractivity contribution in [3.8, 4) is 69.3 Å². The fraction of sp³-hybridized carbons (Fsp3) is 0. The summed E-state index contributed by atoms with van der Waals surface area (Å²) < 4.78 is 0. The van der Waals surface area contributed by atoms with Gasteiger partial charge in [0.2, 0.25) is 0 Å². The summed E-state index contributed by atoms with van der Waals surface area (Å²) in [6, 6.07) is 20.9. The van der Waals surface area contributed by atoms with Crippen LogP contribution < -0.4 is 0 Å². The lowest BCUT2D eigenvalue weighted by molar-refractivity contribution is 1.12. The minimum absolute atomic E-state index is 0.0000553. The van der Waals surface area contributed by atoms with Crippen molar-refractivity contribution in [1.29, 1.82) is 21.0 Å². The number of hydrogen-bond donors (Lipinski definition) is 0. The molecule has 7 rings (SSSR count). The van der Waals surface area contributed by atoms with Crippen LogP contribution in [0.1, 0.15) is 32.3 Å². The molecule has 3 aromatic heterocycles. The number of thiophene rings is 1. The number of benzene rings is 2. The SMILES string of the molecule is [C-]#[N+]/C(C#N)=C1/c2cc(-c3nc(C#N)cc(C#N)n3)ccc2-c2c1sc1c2-c2ccc(-c3nc([N+]#[C-])cc([N+]#[C-])n3)cc2/C1=C(/C#N)[N+]#[C-]. The molecule has 2 aliphatic carbocycles. The quantitative estimate of drug-likeness (QED) is 0.136. The lowest BCUT2D eigenvalue weighted by Crippen LogP contribution is -1.96. The van der Waals surface area contributed by atoms with E-state index < -0.39 is 0 Å². The molecule has 0 amide bonds. The van der Waals surface area contributed by atoms with Crippen LogP contribution in [0.2, 0.25) is 0 Å². The predicted molar refractivity (Wildman–Crippen MR) is 176 cm³/mol. The molecule has 218 valence electrons. The normalized spacial score (nSPS) is 13.2. The molecule has 0 fully saturated rings. The van der Waals surface area contributed by atoms with Crippen molar-refractivity contribution in [3.05, 3.63) is 138 Å². The molecule has 49 heavy (non-hydrogen) atoms. The van der Waals surface area contributed by atoms with Crippen molar-refractivity contribution < 1.29 is 0 Å². The number of nitrogens with zero attached hydrogens (tertiary/aromatic N) is 12. The molecule has 0 bridgehead atoms. The average Bonchev–Trinajstić information content (AvgIpc) is 3.78. The minimum Gasteiger partial charge on any atom is -0.362 e. The van der Waals surface area contributed by atoms with Crippen LogP contribution in [-0.2, 0) is 0 Å². The maximum atomic E-state index is 10.0. The zero-order chi connectivity index (χ0) is 34.4. The van der Waals surface area contributed by atoms with Gasteiger partial charge in [0.1, 0.15) is 23.5 Å². The first-order valence-electron chi connectivity index (χ1n) is 13.8. The van der Waals surface area contributed by atoms with Crippen molar-refractivity contribution in [2.75, 3.05) is 0 Å². The Labute approximate surface area is 281 Å². The van der Waals surface area contributed by atoms with E-state index in [1.165, 1.54) is 23.5 Å². The van der Waals surface area contributed by atoms with Gasteiger partial charge in [-0.25, -0.2) is 30.2 Å². The summed E-state index contributed by atoms with van der Waals surface area (Å²) in [5.74, 6) is 0.272. The van der Waals surface area contributed by atoms with Gasteiger partial charge in [-0.1, -0.05) is 41.3 Å². The topological polar surface area (TPSA) is 164 Å². The summed E-state index contributed by atoms with van der Waals surface area (Å²) in [5.41, 5.74) is 5.28. The van der Waals surface area contributed by atoms with E-state index >= 15 is 0 Å². The maximum absolute atomic E-state index is 10.0. The van der Waals surface area contributed by atoms with Gasteiger partial charge >= 0.3 is 5.82 Å². The number of allylic oxidation sites excluding steroid dienone is 2. The third kappa shape index (κ3) is 4.36. The van der Waals surface area contributed by atoms with E-state index in [-0.39, 0.29) is 46.1 Å². The smallest absolute Gasteiger partial charge is 0.344 e. The molecule has 0 aliphatic heterocycles. The molecule has 2 aromatic carbocycles. The van der Waals surface area contributed by atoms with Crippen LogP contribution in [0.4, 0.5) is 11.6 Å². The first-order valence-corrected chi connectivity index (χ1v) is 14.6. The van der Waals surface area contributed by atoms with Crippen LogP contribution in [0.3, 0.4) is 0 Å². The summed E-state index contributed by atoms with van der Waals surface area (Å²) >= 11 is 1.25. The highest BCUT2D eigenvalue weighted by Gasteiger charge is 2.39. The molecule has 13 heteroatoms. The summed E-state index contributed by atoms with van der Waals surface area (Å²) in [6.07, 6.45) is 0. The largest absolute Gasteiger partial charge is 0.362 e. The fourth-order valence-electron chi connectivity index (χ4n) is 5.86. The van der Waals surface area contributed by atoms with Gasteiger partial charge < -0.3 is 9.69 Å². The van der Waals surface area contributed by atoms with Crippen LogP contribution in [0.15, 0.2) is 59.9 Å². The zero-order valence-corrected chi connectivity index (χ0v) is 25.2. The second-order valence-corrected chi connectivity index (χ2v) is 11.3. The van der Waals surface area contributed by atoms with E-state index in [0.717, 1.165) is 0 Å². The molecule has 0 spiro atoms. The van der Waals surface area contributed by atoms with Gasteiger partial charge in [-0.2, -0.15) is 10.5 Å². The molecule has 5 aromatic rings. The van der Waals surface area contributed by atoms with Crippen molar-refractivity contribution in [2.45, 2.75) is 0 Å². The van der Waals surface area contributed by atoms with Gasteiger partial charge in [-0.15, -0.1) is 11.3 Å². The van der Waals surface area contributed by atoms with Gasteiger partial charge in [0.05, 0.1) is 30.8 Å². The Morgan fingerprint density at radius 2 is 1.02 bits per heavy atom. The molecule has 0 radical (unpaired) electrons. The van der Waals surface area contributed by atoms with Crippen LogP contribution >= 0.6 is 11.3 Å². The van der Waals surface area contributed by atoms with Crippen molar-refractivity contribution in [2.24, 2.45) is 0 Å². The highest BCUT2D eigenvalue weighted by molar-refractivity contribution is 7.16. The number of nitriles is 4. The van der Waals surface area contributed by atoms with E-state index in [1.807, 2.05) is 24.3 Å². The van der Waals surface area contributed by atoms with Gasteiger partial charge in [0.15, 0.2) is 5.82 Å². The minimum atomic E-state index is -0.166. The maximum Gasteiger partial charge on any atom is 0.344 e. The highest BCUT2D eigenvalue weighted by Crippen LogP contribution is 2.61. The Hall–Kier alpha value is -8.30. The first-order chi connectivity index (χ1) is 23.9. The van der Waals surface area contributed by atoms with Crippen LogP contribution in [0, 0.1) is 71.6 Å². The molecule has 0 unspecified atom stereocenters. The van der Waals surface area contributed by atoms with E-state index in [0.29, 0.717) is 65.4 Å². The Balaban J connectivity index is 1.51. The van der Waals surface area contributed by atoms with Gasteiger partial charge in [-0.05, 0) is 46.5 Å². The van der Waals surface area contributed by atoms with Gasteiger partial charge in [0, 0.05) is 43.7 Å². The second kappa shape index (κ2) is 11.2.